The Morgan fingerprint density at radius 3 is 2.81 bits per heavy atom. The highest BCUT2D eigenvalue weighted by atomic mass is 19.1. The van der Waals surface area contributed by atoms with Crippen molar-refractivity contribution in [2.75, 3.05) is 20.3 Å². The van der Waals surface area contributed by atoms with Crippen molar-refractivity contribution in [3.8, 4) is 28.3 Å². The van der Waals surface area contributed by atoms with Crippen LogP contribution in [-0.2, 0) is 4.74 Å². The Hall–Kier alpha value is -2.73. The molecule has 4 rings (SSSR count). The van der Waals surface area contributed by atoms with Crippen LogP contribution in [0.5, 0.6) is 5.88 Å². The zero-order valence-electron chi connectivity index (χ0n) is 15.7. The average Bonchev–Trinajstić information content (AvgIpc) is 3.33. The highest BCUT2D eigenvalue weighted by Gasteiger charge is 2.22. The van der Waals surface area contributed by atoms with Crippen molar-refractivity contribution >= 4 is 0 Å². The second-order valence-electron chi connectivity index (χ2n) is 6.82. The molecule has 0 amide bonds. The maximum atomic E-state index is 15.1. The molecule has 0 saturated carbocycles. The minimum atomic E-state index is -0.275. The molecule has 0 spiro atoms. The number of rotatable bonds is 4. The Balaban J connectivity index is 1.76. The van der Waals surface area contributed by atoms with E-state index < -0.39 is 0 Å². The Bertz CT molecular complexity index is 978. The number of pyridine rings is 1. The van der Waals surface area contributed by atoms with Crippen molar-refractivity contribution in [1.29, 1.82) is 0 Å². The second kappa shape index (κ2) is 7.12. The number of hydrogen-bond donors (Lipinski definition) is 0. The lowest BCUT2D eigenvalue weighted by Gasteiger charge is -2.16. The number of halogens is 1. The van der Waals surface area contributed by atoms with Crippen LogP contribution in [0.25, 0.3) is 22.4 Å². The normalized spacial score (nSPS) is 16.7. The van der Waals surface area contributed by atoms with Crippen LogP contribution in [0.15, 0.2) is 36.7 Å². The molecule has 6 heteroatoms. The van der Waals surface area contributed by atoms with E-state index in [0.717, 1.165) is 34.4 Å². The molecule has 1 aromatic carbocycles. The molecule has 3 heterocycles. The van der Waals surface area contributed by atoms with Gasteiger partial charge in [0, 0.05) is 30.1 Å². The van der Waals surface area contributed by atoms with Crippen LogP contribution in [0.2, 0.25) is 0 Å². The Kier molecular flexibility index (Phi) is 4.66. The van der Waals surface area contributed by atoms with Crippen LogP contribution in [0.3, 0.4) is 0 Å². The molecule has 1 atom stereocenters. The highest BCUT2D eigenvalue weighted by molar-refractivity contribution is 5.75. The smallest absolute Gasteiger partial charge is 0.216 e. The van der Waals surface area contributed by atoms with Gasteiger partial charge in [0.2, 0.25) is 5.88 Å². The summed E-state index contributed by atoms with van der Waals surface area (Å²) in [6.07, 6.45) is 4.36. The number of benzene rings is 1. The minimum absolute atomic E-state index is 0.156. The van der Waals surface area contributed by atoms with Gasteiger partial charge in [-0.2, -0.15) is 5.10 Å². The van der Waals surface area contributed by atoms with Crippen LogP contribution in [0.1, 0.15) is 23.6 Å². The zero-order chi connectivity index (χ0) is 19.0. The van der Waals surface area contributed by atoms with Crippen molar-refractivity contribution in [1.82, 2.24) is 14.8 Å². The molecular formula is C21H22FN3O2. The quantitative estimate of drug-likeness (QED) is 0.688. The summed E-state index contributed by atoms with van der Waals surface area (Å²) in [4.78, 5) is 4.28. The Labute approximate surface area is 157 Å². The molecular weight excluding hydrogens is 345 g/mol. The number of nitrogens with zero attached hydrogens (tertiary/aromatic N) is 3. The van der Waals surface area contributed by atoms with Crippen LogP contribution >= 0.6 is 0 Å². The molecule has 0 unspecified atom stereocenters. The average molecular weight is 367 g/mol. The lowest BCUT2D eigenvalue weighted by atomic mass is 9.96. The summed E-state index contributed by atoms with van der Waals surface area (Å²) < 4.78 is 27.7. The van der Waals surface area contributed by atoms with Gasteiger partial charge >= 0.3 is 0 Å². The lowest BCUT2D eigenvalue weighted by molar-refractivity contribution is 0.185. The summed E-state index contributed by atoms with van der Waals surface area (Å²) in [6, 6.07) is 7.34. The number of methoxy groups -OCH3 is 1. The largest absolute Gasteiger partial charge is 0.481 e. The molecule has 0 aliphatic carbocycles. The van der Waals surface area contributed by atoms with Crippen molar-refractivity contribution < 1.29 is 13.9 Å². The second-order valence-corrected chi connectivity index (χ2v) is 6.82. The zero-order valence-corrected chi connectivity index (χ0v) is 15.7. The molecule has 3 aromatic rings. The standard InChI is InChI=1S/C21H22FN3O2/c1-13-11-23-21(26-3)14(2)20(13)15-4-5-17(18(22)10-15)19-6-8-24-25(19)16-7-9-27-12-16/h4-6,8,10-11,16H,7,9,12H2,1-3H3/t16-/m0/s1. The summed E-state index contributed by atoms with van der Waals surface area (Å²) in [6.45, 7) is 5.24. The van der Waals surface area contributed by atoms with Crippen molar-refractivity contribution in [3.63, 3.8) is 0 Å². The first-order chi connectivity index (χ1) is 13.1. The highest BCUT2D eigenvalue weighted by Crippen LogP contribution is 2.35. The van der Waals surface area contributed by atoms with E-state index in [-0.39, 0.29) is 11.9 Å². The number of hydrogen-bond acceptors (Lipinski definition) is 4. The first kappa shape index (κ1) is 17.7. The van der Waals surface area contributed by atoms with E-state index in [1.165, 1.54) is 0 Å². The number of ether oxygens (including phenoxy) is 2. The summed E-state index contributed by atoms with van der Waals surface area (Å²) in [7, 11) is 1.59. The van der Waals surface area contributed by atoms with Crippen molar-refractivity contribution in [2.45, 2.75) is 26.3 Å². The van der Waals surface area contributed by atoms with Crippen LogP contribution in [-0.4, -0.2) is 35.1 Å². The molecule has 2 aromatic heterocycles. The van der Waals surface area contributed by atoms with Gasteiger partial charge in [-0.3, -0.25) is 4.68 Å². The van der Waals surface area contributed by atoms with E-state index in [1.807, 2.05) is 36.7 Å². The van der Waals surface area contributed by atoms with E-state index >= 15 is 4.39 Å². The van der Waals surface area contributed by atoms with Gasteiger partial charge < -0.3 is 9.47 Å². The molecule has 0 bridgehead atoms. The van der Waals surface area contributed by atoms with Crippen LogP contribution in [0.4, 0.5) is 4.39 Å². The van der Waals surface area contributed by atoms with E-state index in [0.29, 0.717) is 24.7 Å². The van der Waals surface area contributed by atoms with Crippen LogP contribution < -0.4 is 4.74 Å². The fourth-order valence-electron chi connectivity index (χ4n) is 3.78. The summed E-state index contributed by atoms with van der Waals surface area (Å²) in [5, 5.41) is 4.39. The monoisotopic (exact) mass is 367 g/mol. The summed E-state index contributed by atoms with van der Waals surface area (Å²) >= 11 is 0. The number of aryl methyl sites for hydroxylation is 1. The fourth-order valence-corrected chi connectivity index (χ4v) is 3.78. The van der Waals surface area contributed by atoms with E-state index in [4.69, 9.17) is 9.47 Å². The molecule has 140 valence electrons. The molecule has 0 radical (unpaired) electrons. The topological polar surface area (TPSA) is 49.2 Å². The van der Waals surface area contributed by atoms with Gasteiger partial charge in [-0.15, -0.1) is 0 Å². The first-order valence-electron chi connectivity index (χ1n) is 9.02. The predicted molar refractivity (Wildman–Crippen MR) is 101 cm³/mol. The van der Waals surface area contributed by atoms with Crippen LogP contribution in [0, 0.1) is 19.7 Å². The minimum Gasteiger partial charge on any atom is -0.481 e. The molecule has 1 aliphatic heterocycles. The van der Waals surface area contributed by atoms with Gasteiger partial charge in [0.15, 0.2) is 0 Å². The third kappa shape index (κ3) is 3.10. The molecule has 0 N–H and O–H groups in total. The third-order valence-electron chi connectivity index (χ3n) is 5.11. The van der Waals surface area contributed by atoms with E-state index in [1.54, 1.807) is 25.6 Å². The van der Waals surface area contributed by atoms with E-state index in [9.17, 15) is 0 Å². The summed E-state index contributed by atoms with van der Waals surface area (Å²) in [5.74, 6) is 0.280. The molecule has 27 heavy (non-hydrogen) atoms. The van der Waals surface area contributed by atoms with Gasteiger partial charge in [0.1, 0.15) is 5.82 Å². The molecule has 1 aliphatic rings. The van der Waals surface area contributed by atoms with Crippen molar-refractivity contribution in [3.05, 3.63) is 53.6 Å². The van der Waals surface area contributed by atoms with Gasteiger partial charge in [0.05, 0.1) is 25.5 Å². The van der Waals surface area contributed by atoms with Gasteiger partial charge in [-0.1, -0.05) is 6.07 Å². The molecule has 1 fully saturated rings. The maximum Gasteiger partial charge on any atom is 0.216 e. The SMILES string of the molecule is COc1ncc(C)c(-c2ccc(-c3ccnn3[C@H]3CCOC3)c(F)c2)c1C. The first-order valence-corrected chi connectivity index (χ1v) is 9.02. The van der Waals surface area contributed by atoms with Crippen molar-refractivity contribution in [2.24, 2.45) is 0 Å². The van der Waals surface area contributed by atoms with Gasteiger partial charge in [-0.25, -0.2) is 9.37 Å². The lowest BCUT2D eigenvalue weighted by Crippen LogP contribution is -2.12. The van der Waals surface area contributed by atoms with Gasteiger partial charge in [0.25, 0.3) is 0 Å². The fraction of sp³-hybridized carbons (Fsp3) is 0.333. The Morgan fingerprint density at radius 1 is 1.26 bits per heavy atom. The predicted octanol–water partition coefficient (Wildman–Crippen LogP) is 4.34. The third-order valence-corrected chi connectivity index (χ3v) is 5.11. The van der Waals surface area contributed by atoms with E-state index in [2.05, 4.69) is 10.1 Å². The van der Waals surface area contributed by atoms with Gasteiger partial charge in [-0.05, 0) is 55.2 Å². The Morgan fingerprint density at radius 2 is 2.11 bits per heavy atom. The number of aromatic nitrogens is 3. The maximum absolute atomic E-state index is 15.1. The molecule has 5 nitrogen and oxygen atoms in total. The molecule has 1 saturated heterocycles. The summed E-state index contributed by atoms with van der Waals surface area (Å²) in [5.41, 5.74) is 4.95.